The third kappa shape index (κ3) is 7.23. The predicted molar refractivity (Wildman–Crippen MR) is 158 cm³/mol. The van der Waals surface area contributed by atoms with Gasteiger partial charge in [-0.1, -0.05) is 13.3 Å². The molecule has 1 aliphatic heterocycles. The fourth-order valence-corrected chi connectivity index (χ4v) is 4.97. The SMILES string of the molecule is CCCCc1cc2cc(C(=O)N(CC(=O)OC)C(C)C)ccn2c1C(=O)c1ccc(O[C@@H]2CCCNC2)cc1.Cl. The third-order valence-corrected chi connectivity index (χ3v) is 7.20. The molecule has 0 saturated carbocycles. The van der Waals surface area contributed by atoms with E-state index in [2.05, 4.69) is 12.2 Å². The number of benzene rings is 1. The molecule has 3 heterocycles. The van der Waals surface area contributed by atoms with E-state index in [0.29, 0.717) is 16.8 Å². The quantitative estimate of drug-likeness (QED) is 0.256. The van der Waals surface area contributed by atoms with E-state index < -0.39 is 5.97 Å². The number of aryl methyl sites for hydroxylation is 1. The molecule has 40 heavy (non-hydrogen) atoms. The highest BCUT2D eigenvalue weighted by atomic mass is 35.5. The van der Waals surface area contributed by atoms with Gasteiger partial charge in [0, 0.05) is 35.4 Å². The Morgan fingerprint density at radius 3 is 2.48 bits per heavy atom. The number of piperidine rings is 1. The number of amides is 1. The lowest BCUT2D eigenvalue weighted by molar-refractivity contribution is -0.141. The number of fused-ring (bicyclic) bond motifs is 1. The molecule has 0 aliphatic carbocycles. The second-order valence-corrected chi connectivity index (χ2v) is 10.4. The molecule has 8 nitrogen and oxygen atoms in total. The Balaban J connectivity index is 0.00000441. The maximum Gasteiger partial charge on any atom is 0.325 e. The summed E-state index contributed by atoms with van der Waals surface area (Å²) < 4.78 is 12.7. The molecule has 9 heteroatoms. The first-order chi connectivity index (χ1) is 18.8. The van der Waals surface area contributed by atoms with Gasteiger partial charge in [-0.15, -0.1) is 12.4 Å². The van der Waals surface area contributed by atoms with E-state index in [1.807, 2.05) is 48.6 Å². The van der Waals surface area contributed by atoms with Crippen molar-refractivity contribution in [3.8, 4) is 5.75 Å². The number of ether oxygens (including phenoxy) is 2. The van der Waals surface area contributed by atoms with Crippen LogP contribution in [0.25, 0.3) is 5.52 Å². The molecule has 1 saturated heterocycles. The number of carbonyl (C=O) groups is 3. The van der Waals surface area contributed by atoms with Gasteiger partial charge in [0.1, 0.15) is 18.4 Å². The maximum absolute atomic E-state index is 13.8. The van der Waals surface area contributed by atoms with Crippen LogP contribution in [-0.2, 0) is 16.0 Å². The topological polar surface area (TPSA) is 89.4 Å². The number of hydrogen-bond acceptors (Lipinski definition) is 6. The Kier molecular flexibility index (Phi) is 11.2. The molecule has 0 bridgehead atoms. The minimum absolute atomic E-state index is 0. The van der Waals surface area contributed by atoms with Crippen molar-refractivity contribution in [2.24, 2.45) is 0 Å². The second-order valence-electron chi connectivity index (χ2n) is 10.4. The van der Waals surface area contributed by atoms with Gasteiger partial charge in [0.2, 0.25) is 5.78 Å². The van der Waals surface area contributed by atoms with E-state index in [1.54, 1.807) is 18.3 Å². The molecule has 2 aromatic heterocycles. The van der Waals surface area contributed by atoms with Gasteiger partial charge >= 0.3 is 5.97 Å². The number of carbonyl (C=O) groups excluding carboxylic acids is 3. The summed E-state index contributed by atoms with van der Waals surface area (Å²) in [4.78, 5) is 40.4. The Bertz CT molecular complexity index is 1310. The number of aromatic nitrogens is 1. The van der Waals surface area contributed by atoms with Crippen molar-refractivity contribution in [1.82, 2.24) is 14.6 Å². The molecule has 0 spiro atoms. The first-order valence-electron chi connectivity index (χ1n) is 13.9. The number of halogens is 1. The number of esters is 1. The highest BCUT2D eigenvalue weighted by molar-refractivity contribution is 6.10. The molecule has 1 amide bonds. The molecule has 3 aromatic rings. The van der Waals surface area contributed by atoms with E-state index in [-0.39, 0.29) is 42.8 Å². The van der Waals surface area contributed by atoms with Gasteiger partial charge in [0.05, 0.1) is 12.8 Å². The van der Waals surface area contributed by atoms with E-state index in [4.69, 9.17) is 9.47 Å². The van der Waals surface area contributed by atoms with Crippen LogP contribution >= 0.6 is 12.4 Å². The lowest BCUT2D eigenvalue weighted by atomic mass is 10.0. The number of pyridine rings is 1. The van der Waals surface area contributed by atoms with Crippen molar-refractivity contribution in [2.75, 3.05) is 26.7 Å². The second kappa shape index (κ2) is 14.3. The average Bonchev–Trinajstić information content (AvgIpc) is 3.32. The monoisotopic (exact) mass is 569 g/mol. The summed E-state index contributed by atoms with van der Waals surface area (Å²) in [5, 5.41) is 3.35. The van der Waals surface area contributed by atoms with Crippen LogP contribution in [-0.4, -0.2) is 65.9 Å². The van der Waals surface area contributed by atoms with Gasteiger partial charge in [0.25, 0.3) is 5.91 Å². The Labute approximate surface area is 242 Å². The Morgan fingerprint density at radius 1 is 1.10 bits per heavy atom. The predicted octanol–water partition coefficient (Wildman–Crippen LogP) is 5.09. The Hall–Kier alpha value is -3.36. The van der Waals surface area contributed by atoms with Gasteiger partial charge in [-0.2, -0.15) is 0 Å². The fraction of sp³-hybridized carbons (Fsp3) is 0.452. The summed E-state index contributed by atoms with van der Waals surface area (Å²) in [5.74, 6) is -0.0370. The zero-order valence-corrected chi connectivity index (χ0v) is 24.6. The molecule has 1 atom stereocenters. The number of nitrogens with zero attached hydrogens (tertiary/aromatic N) is 2. The smallest absolute Gasteiger partial charge is 0.325 e. The van der Waals surface area contributed by atoms with Crippen LogP contribution in [0.3, 0.4) is 0 Å². The maximum atomic E-state index is 13.8. The van der Waals surface area contributed by atoms with Gasteiger partial charge < -0.3 is 24.1 Å². The number of methoxy groups -OCH3 is 1. The highest BCUT2D eigenvalue weighted by Gasteiger charge is 2.24. The van der Waals surface area contributed by atoms with Crippen molar-refractivity contribution >= 4 is 35.6 Å². The largest absolute Gasteiger partial charge is 0.489 e. The molecule has 1 aromatic carbocycles. The van der Waals surface area contributed by atoms with E-state index in [1.165, 1.54) is 12.0 Å². The van der Waals surface area contributed by atoms with E-state index >= 15 is 0 Å². The van der Waals surface area contributed by atoms with Crippen molar-refractivity contribution in [1.29, 1.82) is 0 Å². The first kappa shape index (κ1) is 31.2. The van der Waals surface area contributed by atoms with Crippen LogP contribution in [0.5, 0.6) is 5.75 Å². The van der Waals surface area contributed by atoms with E-state index in [9.17, 15) is 14.4 Å². The minimum Gasteiger partial charge on any atom is -0.489 e. The molecular formula is C31H40ClN3O5. The minimum atomic E-state index is -0.470. The molecule has 4 rings (SSSR count). The zero-order valence-electron chi connectivity index (χ0n) is 23.8. The molecule has 1 N–H and O–H groups in total. The molecule has 1 fully saturated rings. The molecular weight excluding hydrogens is 530 g/mol. The molecule has 0 unspecified atom stereocenters. The molecule has 216 valence electrons. The van der Waals surface area contributed by atoms with Crippen LogP contribution in [0.1, 0.15) is 78.4 Å². The van der Waals surface area contributed by atoms with Gasteiger partial charge in [-0.25, -0.2) is 0 Å². The lowest BCUT2D eigenvalue weighted by Crippen LogP contribution is -2.41. The fourth-order valence-electron chi connectivity index (χ4n) is 4.97. The molecule has 1 aliphatic rings. The van der Waals surface area contributed by atoms with Crippen LogP contribution in [0.2, 0.25) is 0 Å². The first-order valence-corrected chi connectivity index (χ1v) is 13.9. The zero-order chi connectivity index (χ0) is 27.9. The number of rotatable bonds is 11. The standard InChI is InChI=1S/C31H39N3O5.ClH/c1-5-6-8-23-17-25-18-24(31(37)34(21(2)3)20-28(35)38-4)14-16-33(25)29(23)30(36)22-10-12-26(13-11-22)39-27-9-7-15-32-19-27;/h10-14,16-18,21,27,32H,5-9,15,19-20H2,1-4H3;1H/t27-;/m1./s1. The van der Waals surface area contributed by atoms with Crippen molar-refractivity contribution < 1.29 is 23.9 Å². The van der Waals surface area contributed by atoms with Crippen molar-refractivity contribution in [3.05, 3.63) is 71.0 Å². The summed E-state index contributed by atoms with van der Waals surface area (Å²) in [7, 11) is 1.31. The normalized spacial score (nSPS) is 15.0. The van der Waals surface area contributed by atoms with Crippen LogP contribution in [0.4, 0.5) is 0 Å². The van der Waals surface area contributed by atoms with Gasteiger partial charge in [-0.05, 0) is 94.1 Å². The number of hydrogen-bond donors (Lipinski definition) is 1. The Morgan fingerprint density at radius 2 is 1.85 bits per heavy atom. The summed E-state index contributed by atoms with van der Waals surface area (Å²) in [6, 6.07) is 12.7. The summed E-state index contributed by atoms with van der Waals surface area (Å²) in [6.45, 7) is 7.58. The summed E-state index contributed by atoms with van der Waals surface area (Å²) in [6.07, 6.45) is 6.75. The van der Waals surface area contributed by atoms with Crippen molar-refractivity contribution in [2.45, 2.75) is 65.0 Å². The number of unbranched alkanes of at least 4 members (excludes halogenated alkanes) is 1. The number of ketones is 1. The lowest BCUT2D eigenvalue weighted by Gasteiger charge is -2.25. The average molecular weight is 570 g/mol. The number of nitrogens with one attached hydrogen (secondary N) is 1. The molecule has 0 radical (unpaired) electrons. The highest BCUT2D eigenvalue weighted by Crippen LogP contribution is 2.25. The third-order valence-electron chi connectivity index (χ3n) is 7.20. The summed E-state index contributed by atoms with van der Waals surface area (Å²) in [5.41, 5.74) is 3.37. The van der Waals surface area contributed by atoms with Gasteiger partial charge in [-0.3, -0.25) is 14.4 Å². The van der Waals surface area contributed by atoms with Gasteiger partial charge in [0.15, 0.2) is 0 Å². The van der Waals surface area contributed by atoms with Crippen LogP contribution < -0.4 is 10.1 Å². The van der Waals surface area contributed by atoms with E-state index in [0.717, 1.165) is 62.0 Å². The summed E-state index contributed by atoms with van der Waals surface area (Å²) >= 11 is 0. The van der Waals surface area contributed by atoms with Crippen LogP contribution in [0.15, 0.2) is 48.7 Å². The van der Waals surface area contributed by atoms with Crippen LogP contribution in [0, 0.1) is 0 Å². The van der Waals surface area contributed by atoms with Crippen molar-refractivity contribution in [3.63, 3.8) is 0 Å².